The second kappa shape index (κ2) is 25.9. The van der Waals surface area contributed by atoms with E-state index in [1.807, 2.05) is 34.8 Å². The number of rotatable bonds is 11. The maximum Gasteiger partial charge on any atom is 0.137 e. The first-order valence-electron chi connectivity index (χ1n) is 38.7. The largest absolute Gasteiger partial charge is 0.456 e. The predicted molar refractivity (Wildman–Crippen MR) is 473 cm³/mol. The van der Waals surface area contributed by atoms with Crippen LogP contribution in [0.3, 0.4) is 0 Å². The molecule has 0 N–H and O–H groups in total. The zero-order chi connectivity index (χ0) is 74.2. The summed E-state index contributed by atoms with van der Waals surface area (Å²) in [5, 5.41) is 7.36. The van der Waals surface area contributed by atoms with E-state index in [9.17, 15) is 0 Å². The number of benzene rings is 17. The van der Waals surface area contributed by atoms with Gasteiger partial charge >= 0.3 is 0 Å². The second-order valence-corrected chi connectivity index (χ2v) is 32.6. The minimum absolute atomic E-state index is 0.114. The van der Waals surface area contributed by atoms with Crippen LogP contribution in [0.5, 0.6) is 0 Å². The van der Waals surface area contributed by atoms with Gasteiger partial charge in [-0.25, -0.2) is 0 Å². The topological polar surface area (TPSA) is 19.6 Å². The lowest BCUT2D eigenvalue weighted by molar-refractivity contribution is 0.660. The molecule has 0 unspecified atom stereocenters. The maximum atomic E-state index is 6.38. The van der Waals surface area contributed by atoms with Crippen LogP contribution in [0.4, 0.5) is 34.1 Å². The minimum Gasteiger partial charge on any atom is -0.456 e. The summed E-state index contributed by atoms with van der Waals surface area (Å²) in [5.41, 5.74) is 31.2. The molecule has 17 aromatic carbocycles. The highest BCUT2D eigenvalue weighted by Gasteiger charge is 2.48. The Labute approximate surface area is 659 Å². The van der Waals surface area contributed by atoms with Gasteiger partial charge in [-0.15, -0.1) is 22.7 Å². The number of fused-ring (bicyclic) bond motifs is 18. The van der Waals surface area contributed by atoms with E-state index in [1.54, 1.807) is 0 Å². The molecule has 3 aliphatic rings. The van der Waals surface area contributed by atoms with E-state index in [0.717, 1.165) is 50.4 Å². The number of furan rings is 1. The van der Waals surface area contributed by atoms with Crippen molar-refractivity contribution in [1.29, 1.82) is 0 Å². The molecule has 0 spiro atoms. The molecule has 0 saturated heterocycles. The number of nitrogens with zero attached hydrogens (tertiary/aromatic N) is 2. The smallest absolute Gasteiger partial charge is 0.137 e. The lowest BCUT2D eigenvalue weighted by Gasteiger charge is -2.33. The Morgan fingerprint density at radius 3 is 1.12 bits per heavy atom. The minimum atomic E-state index is -0.441. The van der Waals surface area contributed by atoms with Gasteiger partial charge in [-0.1, -0.05) is 329 Å². The van der Waals surface area contributed by atoms with Gasteiger partial charge in [0.15, 0.2) is 0 Å². The summed E-state index contributed by atoms with van der Waals surface area (Å²) in [6, 6.07) is 148. The molecule has 528 valence electrons. The zero-order valence-corrected chi connectivity index (χ0v) is 63.4. The highest BCUT2D eigenvalue weighted by atomic mass is 32.1. The van der Waals surface area contributed by atoms with Gasteiger partial charge in [0.05, 0.1) is 31.6 Å². The molecule has 0 fully saturated rings. The van der Waals surface area contributed by atoms with Crippen molar-refractivity contribution in [2.75, 3.05) is 9.80 Å². The molecule has 0 amide bonds. The van der Waals surface area contributed by atoms with Gasteiger partial charge < -0.3 is 14.2 Å². The first-order chi connectivity index (χ1) is 55.3. The monoisotopic (exact) mass is 1460 g/mol. The fourth-order valence-electron chi connectivity index (χ4n) is 19.4. The van der Waals surface area contributed by atoms with Crippen molar-refractivity contribution in [2.24, 2.45) is 0 Å². The van der Waals surface area contributed by atoms with E-state index in [4.69, 9.17) is 4.42 Å². The van der Waals surface area contributed by atoms with Gasteiger partial charge in [0.2, 0.25) is 0 Å². The summed E-state index contributed by atoms with van der Waals surface area (Å²) in [6.45, 7) is 4.74. The molecule has 112 heavy (non-hydrogen) atoms. The van der Waals surface area contributed by atoms with Crippen LogP contribution in [0.1, 0.15) is 69.5 Å². The van der Waals surface area contributed by atoms with Crippen molar-refractivity contribution in [3.05, 3.63) is 456 Å². The molecule has 3 heterocycles. The normalized spacial score (nSPS) is 13.7. The molecular formula is C107H72N2OS2. The average Bonchev–Trinajstić information content (AvgIpc) is 1.49. The number of thiophene rings is 2. The molecule has 0 bridgehead atoms. The van der Waals surface area contributed by atoms with Crippen LogP contribution in [0.2, 0.25) is 0 Å². The Hall–Kier alpha value is -13.4. The summed E-state index contributed by atoms with van der Waals surface area (Å²) < 4.78 is 11.5. The second-order valence-electron chi connectivity index (χ2n) is 30.4. The van der Waals surface area contributed by atoms with E-state index in [1.165, 1.54) is 146 Å². The first-order valence-corrected chi connectivity index (χ1v) is 40.3. The van der Waals surface area contributed by atoms with E-state index >= 15 is 0 Å². The third-order valence-electron chi connectivity index (χ3n) is 24.3. The molecule has 3 aromatic heterocycles. The van der Waals surface area contributed by atoms with Crippen LogP contribution < -0.4 is 9.80 Å². The molecule has 3 aliphatic carbocycles. The maximum absolute atomic E-state index is 6.38. The van der Waals surface area contributed by atoms with Crippen LogP contribution in [-0.4, -0.2) is 0 Å². The highest BCUT2D eigenvalue weighted by molar-refractivity contribution is 7.27. The summed E-state index contributed by atoms with van der Waals surface area (Å²) in [4.78, 5) is 4.86. The van der Waals surface area contributed by atoms with Crippen LogP contribution in [-0.2, 0) is 16.2 Å². The van der Waals surface area contributed by atoms with Crippen molar-refractivity contribution < 1.29 is 4.42 Å². The molecule has 3 nitrogen and oxygen atoms in total. The molecule has 23 rings (SSSR count). The van der Waals surface area contributed by atoms with Gasteiger partial charge in [0, 0.05) is 75.9 Å². The van der Waals surface area contributed by atoms with Gasteiger partial charge in [-0.2, -0.15) is 0 Å². The number of hydrogen-bond acceptors (Lipinski definition) is 5. The fraction of sp³-hybridized carbons (Fsp3) is 0.0467. The molecule has 20 aromatic rings. The van der Waals surface area contributed by atoms with Crippen molar-refractivity contribution in [2.45, 2.75) is 30.1 Å². The Balaban J connectivity index is 0.000000139. The SMILES string of the molecule is CC1(C)c2ccccc2-c2ccc(N(c3ccc(-c4ccccc4)cc3)c3cccc4c3sc3cc(C5(c6ccccc6)c6ccccc6-c6ccccc65)ccc34)cc21.c1ccc(N(c2ccc3c(c2)oc2ccccc23)c2cccc3c2sc2cc(C4(c5ccccc5)c5ccccc5-c5ccccc54)ccc23)cc1. The first kappa shape index (κ1) is 65.6. The molecular weight excluding hydrogens is 1390 g/mol. The lowest BCUT2D eigenvalue weighted by atomic mass is 9.67. The number of anilines is 6. The van der Waals surface area contributed by atoms with Crippen LogP contribution in [0, 0.1) is 0 Å². The van der Waals surface area contributed by atoms with E-state index in [-0.39, 0.29) is 5.41 Å². The molecule has 5 heteroatoms. The summed E-state index contributed by atoms with van der Waals surface area (Å²) >= 11 is 3.79. The molecule has 0 aliphatic heterocycles. The fourth-order valence-corrected chi connectivity index (χ4v) is 21.9. The average molecular weight is 1470 g/mol. The van der Waals surface area contributed by atoms with Crippen molar-refractivity contribution in [3.8, 4) is 44.5 Å². The van der Waals surface area contributed by atoms with Gasteiger partial charge in [-0.05, 0) is 179 Å². The van der Waals surface area contributed by atoms with Gasteiger partial charge in [0.1, 0.15) is 11.2 Å². The van der Waals surface area contributed by atoms with Gasteiger partial charge in [0.25, 0.3) is 0 Å². The van der Waals surface area contributed by atoms with Crippen LogP contribution in [0.25, 0.3) is 107 Å². The zero-order valence-electron chi connectivity index (χ0n) is 61.7. The summed E-state index contributed by atoms with van der Waals surface area (Å²) in [7, 11) is 0. The van der Waals surface area contributed by atoms with Crippen molar-refractivity contribution in [1.82, 2.24) is 0 Å². The van der Waals surface area contributed by atoms with Crippen LogP contribution >= 0.6 is 22.7 Å². The van der Waals surface area contributed by atoms with E-state index < -0.39 is 10.8 Å². The Kier molecular flexibility index (Phi) is 15.2. The van der Waals surface area contributed by atoms with Gasteiger partial charge in [-0.3, -0.25) is 0 Å². The van der Waals surface area contributed by atoms with E-state index in [0.29, 0.717) is 0 Å². The van der Waals surface area contributed by atoms with Crippen LogP contribution in [0.15, 0.2) is 405 Å². The van der Waals surface area contributed by atoms with Crippen molar-refractivity contribution >= 4 is 119 Å². The third-order valence-corrected chi connectivity index (χ3v) is 26.7. The predicted octanol–water partition coefficient (Wildman–Crippen LogP) is 29.6. The molecule has 0 atom stereocenters. The molecule has 0 radical (unpaired) electrons. The third kappa shape index (κ3) is 9.90. The Morgan fingerprint density at radius 2 is 0.598 bits per heavy atom. The summed E-state index contributed by atoms with van der Waals surface area (Å²) in [5.74, 6) is 0. The standard InChI is InChI=1S/C58H41NS.C49H31NOS/c1-57(2)50-24-12-9-20-44(50)47-35-33-43(37-53(47)57)59(42-31-28-39(29-32-42)38-16-5-3-6-17-38)54-27-15-23-49-48-34-30-41(36-55(48)60-56(49)54)58(40-18-7-4-8-19-40)51-25-13-10-21-45(51)46-22-11-14-26-52(46)58;1-3-14-32(15-4-1)49(42-22-10-7-18-36(42)37-19-8-11-23-43(37)49)33-26-28-40-41-21-13-24-44(48(41)52-47(40)30-33)50(34-16-5-2-6-17-34)35-27-29-39-38-20-9-12-25-45(38)51-46(39)31-35/h3-37H,1-2H3;1-31H. The highest BCUT2D eigenvalue weighted by Crippen LogP contribution is 2.60. The number of para-hydroxylation sites is 2. The molecule has 0 saturated carbocycles. The summed E-state index contributed by atoms with van der Waals surface area (Å²) in [6.07, 6.45) is 0. The lowest BCUT2D eigenvalue weighted by Crippen LogP contribution is -2.28. The van der Waals surface area contributed by atoms with E-state index in [2.05, 4.69) is 412 Å². The Morgan fingerprint density at radius 1 is 0.232 bits per heavy atom. The number of hydrogen-bond donors (Lipinski definition) is 0. The Bertz CT molecular complexity index is 7020. The quantitative estimate of drug-likeness (QED) is 0.129. The van der Waals surface area contributed by atoms with Crippen molar-refractivity contribution in [3.63, 3.8) is 0 Å².